The lowest BCUT2D eigenvalue weighted by Crippen LogP contribution is -2.24. The van der Waals surface area contributed by atoms with Crippen LogP contribution in [-0.2, 0) is 0 Å². The molecule has 1 N–H and O–H groups in total. The Morgan fingerprint density at radius 1 is 1.15 bits per heavy atom. The molecule has 0 unspecified atom stereocenters. The Hall–Kier alpha value is -3.55. The Kier molecular flexibility index (Phi) is 3.49. The number of imidazole rings is 1. The second kappa shape index (κ2) is 6.01. The lowest BCUT2D eigenvalue weighted by Gasteiger charge is -2.07. The van der Waals surface area contributed by atoms with Gasteiger partial charge in [0.05, 0.1) is 23.3 Å². The summed E-state index contributed by atoms with van der Waals surface area (Å²) in [6.45, 7) is 0. The molecule has 0 aliphatic heterocycles. The van der Waals surface area contributed by atoms with Crippen LogP contribution in [0, 0.1) is 11.0 Å². The van der Waals surface area contributed by atoms with E-state index in [0.29, 0.717) is 33.8 Å². The Labute approximate surface area is 153 Å². The summed E-state index contributed by atoms with van der Waals surface area (Å²) in [6, 6.07) is 8.33. The van der Waals surface area contributed by atoms with Gasteiger partial charge in [0.1, 0.15) is 5.82 Å². The molecular formula is C19H15FN6O. The molecule has 3 heterocycles. The van der Waals surface area contributed by atoms with Crippen molar-refractivity contribution in [3.63, 3.8) is 0 Å². The van der Waals surface area contributed by atoms with Gasteiger partial charge in [0.2, 0.25) is 17.8 Å². The zero-order valence-electron chi connectivity index (χ0n) is 14.2. The number of aromatic nitrogens is 5. The van der Waals surface area contributed by atoms with E-state index in [1.165, 1.54) is 24.5 Å². The van der Waals surface area contributed by atoms with E-state index in [4.69, 9.17) is 0 Å². The van der Waals surface area contributed by atoms with E-state index in [-0.39, 0.29) is 5.82 Å². The van der Waals surface area contributed by atoms with Crippen LogP contribution in [0.3, 0.4) is 0 Å². The fourth-order valence-electron chi connectivity index (χ4n) is 3.01. The molecule has 27 heavy (non-hydrogen) atoms. The minimum atomic E-state index is -0.320. The highest BCUT2D eigenvalue weighted by Gasteiger charge is 2.23. The molecule has 0 saturated heterocycles. The average Bonchev–Trinajstić information content (AvgIpc) is 3.40. The number of anilines is 1. The number of nitrogens with zero attached hydrogens (tertiary/aromatic N) is 5. The quantitative estimate of drug-likeness (QED) is 0.446. The largest absolute Gasteiger partial charge is 0.619 e. The number of hydrogen-bond donors (Lipinski definition) is 1. The molecule has 5 rings (SSSR count). The molecule has 0 atom stereocenters. The molecular weight excluding hydrogens is 347 g/mol. The Balaban J connectivity index is 1.71. The van der Waals surface area contributed by atoms with Crippen LogP contribution in [0.15, 0.2) is 55.1 Å². The molecule has 1 aliphatic carbocycles. The molecule has 1 aliphatic rings. The molecule has 3 aromatic heterocycles. The van der Waals surface area contributed by atoms with E-state index in [0.717, 1.165) is 24.1 Å². The van der Waals surface area contributed by atoms with Gasteiger partial charge in [0.15, 0.2) is 6.20 Å². The highest BCUT2D eigenvalue weighted by Crippen LogP contribution is 2.32. The first-order valence-electron chi connectivity index (χ1n) is 8.64. The summed E-state index contributed by atoms with van der Waals surface area (Å²) in [4.78, 5) is 13.5. The monoisotopic (exact) mass is 362 g/mol. The summed E-state index contributed by atoms with van der Waals surface area (Å²) in [5.74, 6) is 0.240. The van der Waals surface area contributed by atoms with Crippen LogP contribution in [0.1, 0.15) is 12.8 Å². The van der Waals surface area contributed by atoms with Gasteiger partial charge in [0.25, 0.3) is 0 Å². The third-order valence-electron chi connectivity index (χ3n) is 4.47. The second-order valence-electron chi connectivity index (χ2n) is 6.52. The molecule has 1 aromatic carbocycles. The normalized spacial score (nSPS) is 13.8. The molecule has 1 saturated carbocycles. The standard InChI is InChI=1S/C19H15FN6O/c20-13-3-1-12(2-4-13)17-18(26-10-9-25(27)11-16(26)24-17)15-7-8-21-19(23-15)22-14-5-6-14/h1-4,7-11,14H,5-6H2,(H,21,22,23). The van der Waals surface area contributed by atoms with Crippen LogP contribution in [0.4, 0.5) is 10.3 Å². The van der Waals surface area contributed by atoms with Crippen molar-refractivity contribution in [2.45, 2.75) is 18.9 Å². The van der Waals surface area contributed by atoms with Crippen molar-refractivity contribution in [3.05, 3.63) is 66.1 Å². The van der Waals surface area contributed by atoms with Crippen molar-refractivity contribution in [3.8, 4) is 22.6 Å². The molecule has 0 bridgehead atoms. The maximum Gasteiger partial charge on any atom is 0.223 e. The summed E-state index contributed by atoms with van der Waals surface area (Å²) in [7, 11) is 0. The number of rotatable bonds is 4. The van der Waals surface area contributed by atoms with Crippen molar-refractivity contribution in [2.75, 3.05) is 5.32 Å². The van der Waals surface area contributed by atoms with E-state index in [1.54, 1.807) is 35.0 Å². The average molecular weight is 362 g/mol. The van der Waals surface area contributed by atoms with Gasteiger partial charge in [-0.05, 0) is 43.2 Å². The smallest absolute Gasteiger partial charge is 0.223 e. The minimum Gasteiger partial charge on any atom is -0.619 e. The van der Waals surface area contributed by atoms with Crippen LogP contribution < -0.4 is 10.0 Å². The van der Waals surface area contributed by atoms with Crippen LogP contribution in [-0.4, -0.2) is 25.4 Å². The Bertz CT molecular complexity index is 1140. The van der Waals surface area contributed by atoms with Gasteiger partial charge in [-0.15, -0.1) is 0 Å². The summed E-state index contributed by atoms with van der Waals surface area (Å²) in [6.07, 6.45) is 8.37. The lowest BCUT2D eigenvalue weighted by molar-refractivity contribution is -0.604. The van der Waals surface area contributed by atoms with Crippen LogP contribution in [0.2, 0.25) is 0 Å². The summed E-state index contributed by atoms with van der Waals surface area (Å²) in [5.41, 5.74) is 3.24. The van der Waals surface area contributed by atoms with Crippen LogP contribution >= 0.6 is 0 Å². The van der Waals surface area contributed by atoms with Crippen molar-refractivity contribution < 1.29 is 9.12 Å². The predicted molar refractivity (Wildman–Crippen MR) is 97.2 cm³/mol. The Morgan fingerprint density at radius 2 is 1.96 bits per heavy atom. The molecule has 7 nitrogen and oxygen atoms in total. The third-order valence-corrected chi connectivity index (χ3v) is 4.47. The number of benzene rings is 1. The van der Waals surface area contributed by atoms with E-state index in [9.17, 15) is 9.60 Å². The van der Waals surface area contributed by atoms with Gasteiger partial charge < -0.3 is 10.5 Å². The van der Waals surface area contributed by atoms with Gasteiger partial charge in [-0.1, -0.05) is 0 Å². The van der Waals surface area contributed by atoms with Crippen molar-refractivity contribution >= 4 is 11.6 Å². The maximum absolute atomic E-state index is 13.4. The van der Waals surface area contributed by atoms with Crippen LogP contribution in [0.25, 0.3) is 28.3 Å². The highest BCUT2D eigenvalue weighted by atomic mass is 19.1. The first-order chi connectivity index (χ1) is 13.2. The van der Waals surface area contributed by atoms with Gasteiger partial charge in [-0.3, -0.25) is 4.40 Å². The zero-order chi connectivity index (χ0) is 18.4. The Morgan fingerprint density at radius 3 is 2.74 bits per heavy atom. The van der Waals surface area contributed by atoms with Gasteiger partial charge in [0, 0.05) is 17.8 Å². The highest BCUT2D eigenvalue weighted by molar-refractivity contribution is 5.80. The molecule has 134 valence electrons. The van der Waals surface area contributed by atoms with E-state index < -0.39 is 0 Å². The SMILES string of the molecule is [O-][n+]1ccn2c(-c3ccnc(NC4CC4)n3)c(-c3ccc(F)cc3)nc2c1. The first-order valence-corrected chi connectivity index (χ1v) is 8.64. The van der Waals surface area contributed by atoms with Crippen molar-refractivity contribution in [2.24, 2.45) is 0 Å². The first kappa shape index (κ1) is 15.7. The molecule has 0 amide bonds. The van der Waals surface area contributed by atoms with E-state index >= 15 is 0 Å². The number of fused-ring (bicyclic) bond motifs is 1. The van der Waals surface area contributed by atoms with E-state index in [2.05, 4.69) is 20.3 Å². The second-order valence-corrected chi connectivity index (χ2v) is 6.52. The third kappa shape index (κ3) is 2.95. The zero-order valence-corrected chi connectivity index (χ0v) is 14.2. The van der Waals surface area contributed by atoms with Crippen molar-refractivity contribution in [1.29, 1.82) is 0 Å². The maximum atomic E-state index is 13.4. The van der Waals surface area contributed by atoms with E-state index in [1.807, 2.05) is 0 Å². The van der Waals surface area contributed by atoms with Gasteiger partial charge >= 0.3 is 0 Å². The summed E-state index contributed by atoms with van der Waals surface area (Å²) >= 11 is 0. The topological polar surface area (TPSA) is 82.0 Å². The summed E-state index contributed by atoms with van der Waals surface area (Å²) < 4.78 is 15.9. The number of halogens is 1. The van der Waals surface area contributed by atoms with Gasteiger partial charge in [-0.25, -0.2) is 19.3 Å². The molecule has 1 fully saturated rings. The molecule has 4 aromatic rings. The molecule has 0 radical (unpaired) electrons. The summed E-state index contributed by atoms with van der Waals surface area (Å²) in [5, 5.41) is 15.0. The number of hydrogen-bond acceptors (Lipinski definition) is 5. The van der Waals surface area contributed by atoms with Crippen molar-refractivity contribution in [1.82, 2.24) is 19.4 Å². The number of nitrogens with one attached hydrogen (secondary N) is 1. The lowest BCUT2D eigenvalue weighted by atomic mass is 10.1. The fourth-order valence-corrected chi connectivity index (χ4v) is 3.01. The predicted octanol–water partition coefficient (Wildman–Crippen LogP) is 2.81. The van der Waals surface area contributed by atoms with Crippen LogP contribution in [0.5, 0.6) is 0 Å². The fraction of sp³-hybridized carbons (Fsp3) is 0.158. The minimum absolute atomic E-state index is 0.320. The molecule has 8 heteroatoms. The van der Waals surface area contributed by atoms with Gasteiger partial charge in [-0.2, -0.15) is 4.73 Å². The molecule has 0 spiro atoms.